The van der Waals surface area contributed by atoms with E-state index in [2.05, 4.69) is 30.6 Å². The standard InChI is InChI=1S/C26H23Cl2N5O5.C24H19Cl2N5O5/c1-3-32-25(35)31-24(33(26(32)36)15-16-5-7-18(27)8-6-16)30-19-9-11-20(12-10-19)38-22-21(28)13-17(14-29-22)23(34)37-4-2;1-2-30-23(34)29-22(31(24(30)35)13-14-3-5-16(25)6-4-14)28-17-7-9-18(10-8-17)36-20-19(26)11-15(12-27-20)21(32)33/h5-14H,3-4,15H2,1-2H3,(H,30,31,35);3-12H,2,13H2,1H3,(H,32,33)(H,28,29,34). The lowest BCUT2D eigenvalue weighted by Gasteiger charge is -2.15. The molecule has 24 heteroatoms. The lowest BCUT2D eigenvalue weighted by Crippen LogP contribution is -2.42. The highest BCUT2D eigenvalue weighted by atomic mass is 35.5. The second-order valence-corrected chi connectivity index (χ2v) is 17.2. The molecule has 0 aliphatic heterocycles. The van der Waals surface area contributed by atoms with Gasteiger partial charge in [-0.05, 0) is 117 Å². The van der Waals surface area contributed by atoms with E-state index in [0.717, 1.165) is 26.5 Å². The van der Waals surface area contributed by atoms with Crippen LogP contribution < -0.4 is 42.9 Å². The van der Waals surface area contributed by atoms with Crippen LogP contribution in [0.5, 0.6) is 23.3 Å². The first-order valence-electron chi connectivity index (χ1n) is 22.3. The number of aromatic nitrogens is 8. The van der Waals surface area contributed by atoms with Gasteiger partial charge in [-0.25, -0.2) is 47.9 Å². The molecular weight excluding hydrogens is 1040 g/mol. The van der Waals surface area contributed by atoms with Gasteiger partial charge in [0.1, 0.15) is 21.5 Å². The minimum absolute atomic E-state index is 0.0454. The van der Waals surface area contributed by atoms with E-state index in [0.29, 0.717) is 32.9 Å². The quantitative estimate of drug-likeness (QED) is 0.0719. The Morgan fingerprint density at radius 2 is 0.946 bits per heavy atom. The number of rotatable bonds is 17. The first kappa shape index (κ1) is 53.5. The van der Waals surface area contributed by atoms with Crippen molar-refractivity contribution < 1.29 is 28.9 Å². The molecule has 0 amide bonds. The number of halogens is 4. The van der Waals surface area contributed by atoms with Gasteiger partial charge in [-0.2, -0.15) is 9.97 Å². The molecule has 0 radical (unpaired) electrons. The summed E-state index contributed by atoms with van der Waals surface area (Å²) in [6.07, 6.45) is 2.46. The Balaban J connectivity index is 0.000000217. The summed E-state index contributed by atoms with van der Waals surface area (Å²) >= 11 is 24.2. The number of carboxylic acid groups (broad SMARTS) is 1. The van der Waals surface area contributed by atoms with Crippen LogP contribution in [0.3, 0.4) is 0 Å². The van der Waals surface area contributed by atoms with Gasteiger partial charge in [0.2, 0.25) is 23.7 Å². The molecule has 380 valence electrons. The molecule has 0 bridgehead atoms. The number of aromatic carboxylic acids is 1. The van der Waals surface area contributed by atoms with E-state index in [-0.39, 0.29) is 77.6 Å². The van der Waals surface area contributed by atoms with Crippen molar-refractivity contribution in [1.82, 2.24) is 38.2 Å². The number of anilines is 4. The summed E-state index contributed by atoms with van der Waals surface area (Å²) in [5.74, 6) is -0.557. The average Bonchev–Trinajstić information content (AvgIpc) is 3.38. The Bertz CT molecular complexity index is 3570. The van der Waals surface area contributed by atoms with E-state index >= 15 is 0 Å². The number of hydrogen-bond donors (Lipinski definition) is 3. The first-order chi connectivity index (χ1) is 35.5. The van der Waals surface area contributed by atoms with Crippen molar-refractivity contribution >= 4 is 81.6 Å². The highest BCUT2D eigenvalue weighted by Crippen LogP contribution is 2.31. The molecule has 74 heavy (non-hydrogen) atoms. The number of nitrogens with one attached hydrogen (secondary N) is 2. The molecule has 0 saturated heterocycles. The zero-order valence-corrected chi connectivity index (χ0v) is 42.3. The number of carbonyl (C=O) groups is 2. The van der Waals surface area contributed by atoms with Crippen LogP contribution >= 0.6 is 46.4 Å². The molecule has 0 atom stereocenters. The Kier molecular flexibility index (Phi) is 17.6. The fourth-order valence-electron chi connectivity index (χ4n) is 6.76. The SMILES string of the molecule is CCOC(=O)c1cnc(Oc2ccc(Nc3nc(=O)n(CC)c(=O)n3Cc3ccc(Cl)cc3)cc2)c(Cl)c1.CCn1c(=O)nc(Nc2ccc(Oc3ncc(C(=O)O)cc3Cl)cc2)n(Cc2ccc(Cl)cc2)c1=O. The van der Waals surface area contributed by atoms with Crippen LogP contribution in [0.1, 0.15) is 52.6 Å². The molecule has 0 unspecified atom stereocenters. The van der Waals surface area contributed by atoms with Gasteiger partial charge in [-0.1, -0.05) is 70.7 Å². The number of carbonyl (C=O) groups excluding carboxylic acids is 1. The Hall–Kier alpha value is -8.30. The van der Waals surface area contributed by atoms with Gasteiger partial charge in [-0.3, -0.25) is 9.13 Å². The molecular formula is C50H42Cl4N10O10. The molecule has 4 heterocycles. The molecule has 0 saturated carbocycles. The maximum atomic E-state index is 13.0. The molecule has 3 N–H and O–H groups in total. The number of ether oxygens (including phenoxy) is 3. The molecule has 8 rings (SSSR count). The lowest BCUT2D eigenvalue weighted by atomic mass is 10.2. The van der Waals surface area contributed by atoms with E-state index in [4.69, 9.17) is 65.7 Å². The number of pyridine rings is 2. The highest BCUT2D eigenvalue weighted by Gasteiger charge is 2.17. The summed E-state index contributed by atoms with van der Waals surface area (Å²) in [4.78, 5) is 89.9. The summed E-state index contributed by atoms with van der Waals surface area (Å²) in [5.41, 5.74) is 0.548. The summed E-state index contributed by atoms with van der Waals surface area (Å²) in [5, 5.41) is 16.4. The lowest BCUT2D eigenvalue weighted by molar-refractivity contribution is 0.0525. The van der Waals surface area contributed by atoms with E-state index in [1.54, 1.807) is 118 Å². The molecule has 0 spiro atoms. The van der Waals surface area contributed by atoms with E-state index in [9.17, 15) is 28.8 Å². The maximum Gasteiger partial charge on any atom is 0.354 e. The van der Waals surface area contributed by atoms with E-state index < -0.39 is 34.7 Å². The van der Waals surface area contributed by atoms with Crippen LogP contribution in [-0.4, -0.2) is 61.9 Å². The predicted molar refractivity (Wildman–Crippen MR) is 279 cm³/mol. The van der Waals surface area contributed by atoms with Crippen molar-refractivity contribution in [1.29, 1.82) is 0 Å². The van der Waals surface area contributed by atoms with Crippen LogP contribution in [0.4, 0.5) is 23.3 Å². The zero-order chi connectivity index (χ0) is 53.1. The Labute approximate surface area is 440 Å². The van der Waals surface area contributed by atoms with Gasteiger partial charge in [0.25, 0.3) is 0 Å². The second-order valence-electron chi connectivity index (χ2n) is 15.5. The fourth-order valence-corrected chi connectivity index (χ4v) is 7.42. The van der Waals surface area contributed by atoms with Crippen molar-refractivity contribution in [3.8, 4) is 23.3 Å². The van der Waals surface area contributed by atoms with Gasteiger partial charge in [-0.15, -0.1) is 0 Å². The molecule has 20 nitrogen and oxygen atoms in total. The van der Waals surface area contributed by atoms with Crippen molar-refractivity contribution in [3.63, 3.8) is 0 Å². The third kappa shape index (κ3) is 13.4. The fraction of sp³-hybridized carbons (Fsp3) is 0.160. The van der Waals surface area contributed by atoms with Gasteiger partial charge in [0.05, 0.1) is 30.8 Å². The van der Waals surface area contributed by atoms with Crippen LogP contribution in [0.15, 0.2) is 141 Å². The summed E-state index contributed by atoms with van der Waals surface area (Å²) in [7, 11) is 0. The Morgan fingerprint density at radius 1 is 0.554 bits per heavy atom. The van der Waals surface area contributed by atoms with Crippen LogP contribution in [0, 0.1) is 0 Å². The smallest absolute Gasteiger partial charge is 0.354 e. The minimum atomic E-state index is -1.15. The molecule has 0 fully saturated rings. The Morgan fingerprint density at radius 3 is 1.31 bits per heavy atom. The number of nitrogens with zero attached hydrogens (tertiary/aromatic N) is 8. The summed E-state index contributed by atoms with van der Waals surface area (Å²) in [6, 6.07) is 29.9. The maximum absolute atomic E-state index is 13.0. The number of hydrogen-bond acceptors (Lipinski definition) is 15. The van der Waals surface area contributed by atoms with Gasteiger partial charge in [0.15, 0.2) is 0 Å². The molecule has 8 aromatic rings. The third-order valence-corrected chi connectivity index (χ3v) is 11.5. The molecule has 0 aliphatic carbocycles. The second kappa shape index (κ2) is 24.4. The zero-order valence-electron chi connectivity index (χ0n) is 39.3. The normalized spacial score (nSPS) is 10.7. The first-order valence-corrected chi connectivity index (χ1v) is 23.8. The summed E-state index contributed by atoms with van der Waals surface area (Å²) in [6.45, 7) is 6.06. The number of carboxylic acids is 1. The van der Waals surface area contributed by atoms with Crippen molar-refractivity contribution in [2.75, 3.05) is 17.2 Å². The molecule has 4 aromatic heterocycles. The van der Waals surface area contributed by atoms with Crippen molar-refractivity contribution in [2.24, 2.45) is 0 Å². The molecule has 0 aliphatic rings. The predicted octanol–water partition coefficient (Wildman–Crippen LogP) is 9.30. The minimum Gasteiger partial charge on any atom is -0.478 e. The number of benzene rings is 4. The topological polar surface area (TPSA) is 246 Å². The van der Waals surface area contributed by atoms with Crippen LogP contribution in [-0.2, 0) is 30.9 Å². The van der Waals surface area contributed by atoms with Crippen LogP contribution in [0.25, 0.3) is 0 Å². The van der Waals surface area contributed by atoms with E-state index in [1.807, 2.05) is 0 Å². The molecule has 4 aromatic carbocycles. The number of esters is 1. The van der Waals surface area contributed by atoms with Crippen molar-refractivity contribution in [2.45, 2.75) is 47.0 Å². The van der Waals surface area contributed by atoms with Crippen LogP contribution in [0.2, 0.25) is 20.1 Å². The van der Waals surface area contributed by atoms with Crippen molar-refractivity contribution in [3.05, 3.63) is 206 Å². The third-order valence-electron chi connectivity index (χ3n) is 10.5. The van der Waals surface area contributed by atoms with Gasteiger partial charge < -0.3 is 30.0 Å². The highest BCUT2D eigenvalue weighted by molar-refractivity contribution is 6.32. The average molecular weight is 1080 g/mol. The summed E-state index contributed by atoms with van der Waals surface area (Å²) < 4.78 is 21.2. The van der Waals surface area contributed by atoms with Gasteiger partial charge in [0, 0.05) is 46.9 Å². The largest absolute Gasteiger partial charge is 0.478 e. The van der Waals surface area contributed by atoms with Gasteiger partial charge >= 0.3 is 34.7 Å². The monoisotopic (exact) mass is 1080 g/mol. The van der Waals surface area contributed by atoms with E-state index in [1.165, 1.54) is 27.5 Å².